The molecule has 0 rings (SSSR count). The van der Waals surface area contributed by atoms with Crippen LogP contribution in [0.4, 0.5) is 39.5 Å². The van der Waals surface area contributed by atoms with Gasteiger partial charge in [0.2, 0.25) is 0 Å². The first-order chi connectivity index (χ1) is 8.83. The molecule has 0 heterocycles. The normalized spacial score (nSPS) is 10.3. The van der Waals surface area contributed by atoms with Crippen molar-refractivity contribution in [2.45, 2.75) is 18.5 Å². The number of aliphatic carboxylic acids is 3. The van der Waals surface area contributed by atoms with Crippen LogP contribution in [0.5, 0.6) is 0 Å². The van der Waals surface area contributed by atoms with Crippen molar-refractivity contribution in [3.8, 4) is 0 Å². The standard InChI is InChI=1S/3C2HF3O2.H2O.Yb/c3*3-2(4,5)1(6)7;;/h3*(H,6,7);1H2;. The Morgan fingerprint density at radius 3 is 0.565 bits per heavy atom. The fourth-order valence-electron chi connectivity index (χ4n) is 0. The van der Waals surface area contributed by atoms with Gasteiger partial charge in [0.15, 0.2) is 0 Å². The van der Waals surface area contributed by atoms with Gasteiger partial charge in [-0.25, -0.2) is 14.4 Å². The fourth-order valence-corrected chi connectivity index (χ4v) is 0. The zero-order chi connectivity index (χ0) is 18.2. The summed E-state index contributed by atoms with van der Waals surface area (Å²) in [6.07, 6.45) is -15.3. The van der Waals surface area contributed by atoms with Crippen LogP contribution in [0, 0.1) is 46.9 Å². The van der Waals surface area contributed by atoms with Crippen molar-refractivity contribution in [1.82, 2.24) is 0 Å². The van der Waals surface area contributed by atoms with Gasteiger partial charge in [0, 0.05) is 46.9 Å². The molecule has 0 aromatic rings. The summed E-state index contributed by atoms with van der Waals surface area (Å²) in [6.45, 7) is 0. The second-order valence-electron chi connectivity index (χ2n) is 2.41. The van der Waals surface area contributed by atoms with Crippen LogP contribution in [0.1, 0.15) is 0 Å². The van der Waals surface area contributed by atoms with Gasteiger partial charge in [-0.15, -0.1) is 0 Å². The van der Waals surface area contributed by atoms with E-state index in [4.69, 9.17) is 29.7 Å². The van der Waals surface area contributed by atoms with Crippen LogP contribution in [0.15, 0.2) is 0 Å². The van der Waals surface area contributed by atoms with Crippen LogP contribution in [-0.2, 0) is 14.4 Å². The predicted octanol–water partition coefficient (Wildman–Crippen LogP) is 1.08. The SMILES string of the molecule is O.O=C(O)C(F)(F)F.O=C(O)C(F)(F)F.O=C(O)C(F)(F)F.[Yb]. The number of hydrogen-bond donors (Lipinski definition) is 3. The van der Waals surface area contributed by atoms with E-state index in [1.54, 1.807) is 0 Å². The summed E-state index contributed by atoms with van der Waals surface area (Å²) in [5, 5.41) is 21.4. The van der Waals surface area contributed by atoms with Crippen molar-refractivity contribution in [2.24, 2.45) is 0 Å². The first-order valence-electron chi connectivity index (χ1n) is 3.73. The van der Waals surface area contributed by atoms with E-state index in [0.717, 1.165) is 0 Å². The third kappa shape index (κ3) is 26.5. The predicted molar refractivity (Wildman–Crippen MR) is 44.7 cm³/mol. The number of halogens is 9. The van der Waals surface area contributed by atoms with Crippen LogP contribution >= 0.6 is 0 Å². The first-order valence-corrected chi connectivity index (χ1v) is 3.73. The summed E-state index contributed by atoms with van der Waals surface area (Å²) < 4.78 is 95.2. The summed E-state index contributed by atoms with van der Waals surface area (Å²) >= 11 is 0. The average Bonchev–Trinajstić information content (AvgIpc) is 2.14. The third-order valence-corrected chi connectivity index (χ3v) is 0.728. The molecule has 0 unspecified atom stereocenters. The zero-order valence-corrected chi connectivity index (χ0v) is 11.5. The zero-order valence-electron chi connectivity index (χ0n) is 9.74. The van der Waals surface area contributed by atoms with E-state index < -0.39 is 36.4 Å². The van der Waals surface area contributed by atoms with Gasteiger partial charge in [0.05, 0.1) is 0 Å². The van der Waals surface area contributed by atoms with E-state index in [9.17, 15) is 39.5 Å². The maximum Gasteiger partial charge on any atom is 0.490 e. The molecule has 0 saturated heterocycles. The molecule has 0 aliphatic rings. The number of alkyl halides is 9. The van der Waals surface area contributed by atoms with Crippen molar-refractivity contribution in [3.63, 3.8) is 0 Å². The number of carbonyl (C=O) groups is 3. The van der Waals surface area contributed by atoms with E-state index in [-0.39, 0.29) is 52.4 Å². The van der Waals surface area contributed by atoms with Gasteiger partial charge in [-0.2, -0.15) is 39.5 Å². The van der Waals surface area contributed by atoms with Crippen molar-refractivity contribution in [1.29, 1.82) is 0 Å². The Bertz CT molecular complexity index is 315. The number of hydrogen-bond acceptors (Lipinski definition) is 3. The monoisotopic (exact) mass is 534 g/mol. The van der Waals surface area contributed by atoms with Crippen LogP contribution in [0.3, 0.4) is 0 Å². The van der Waals surface area contributed by atoms with Gasteiger partial charge in [0.1, 0.15) is 0 Å². The summed E-state index contributed by atoms with van der Waals surface area (Å²) in [7, 11) is 0. The second-order valence-corrected chi connectivity index (χ2v) is 2.41. The molecule has 0 amide bonds. The van der Waals surface area contributed by atoms with Crippen LogP contribution in [0.25, 0.3) is 0 Å². The molecule has 148 valence electrons. The van der Waals surface area contributed by atoms with E-state index in [1.807, 2.05) is 0 Å². The van der Waals surface area contributed by atoms with Crippen molar-refractivity contribution in [2.75, 3.05) is 0 Å². The summed E-state index contributed by atoms with van der Waals surface area (Å²) in [5.41, 5.74) is 0. The van der Waals surface area contributed by atoms with Crippen molar-refractivity contribution >= 4 is 17.9 Å². The van der Waals surface area contributed by atoms with Crippen LogP contribution in [0.2, 0.25) is 0 Å². The molecule has 0 fully saturated rings. The number of carboxylic acid groups (broad SMARTS) is 3. The maximum atomic E-state index is 10.6. The van der Waals surface area contributed by atoms with Gasteiger partial charge < -0.3 is 20.8 Å². The largest absolute Gasteiger partial charge is 0.490 e. The van der Waals surface area contributed by atoms with Crippen LogP contribution in [-0.4, -0.2) is 57.2 Å². The molecule has 0 radical (unpaired) electrons. The van der Waals surface area contributed by atoms with E-state index in [2.05, 4.69) is 0 Å². The van der Waals surface area contributed by atoms with E-state index in [0.29, 0.717) is 0 Å². The Kier molecular flexibility index (Phi) is 18.6. The molecule has 0 atom stereocenters. The molecule has 0 aromatic carbocycles. The average molecular weight is 533 g/mol. The van der Waals surface area contributed by atoms with Gasteiger partial charge in [-0.05, 0) is 0 Å². The molecule has 0 saturated carbocycles. The molecule has 0 spiro atoms. The molecular formula is C6H5F9O7Yb. The second kappa shape index (κ2) is 12.7. The van der Waals surface area contributed by atoms with Gasteiger partial charge in [-0.1, -0.05) is 0 Å². The molecule has 17 heteroatoms. The summed E-state index contributed by atoms with van der Waals surface area (Å²) in [5.74, 6) is -8.27. The maximum absolute atomic E-state index is 10.6. The Morgan fingerprint density at radius 1 is 0.522 bits per heavy atom. The fraction of sp³-hybridized carbons (Fsp3) is 0.500. The third-order valence-electron chi connectivity index (χ3n) is 0.728. The molecule has 0 aliphatic heterocycles. The molecular weight excluding hydrogens is 528 g/mol. The quantitative estimate of drug-likeness (QED) is 0.398. The minimum atomic E-state index is -5.08. The molecule has 23 heavy (non-hydrogen) atoms. The first kappa shape index (κ1) is 33.8. The molecule has 0 aliphatic carbocycles. The molecule has 7 nitrogen and oxygen atoms in total. The van der Waals surface area contributed by atoms with Gasteiger partial charge in [-0.3, -0.25) is 0 Å². The minimum Gasteiger partial charge on any atom is -0.475 e. The topological polar surface area (TPSA) is 143 Å². The summed E-state index contributed by atoms with van der Waals surface area (Å²) in [4.78, 5) is 26.7. The van der Waals surface area contributed by atoms with Crippen molar-refractivity contribution < 1.29 is 122 Å². The summed E-state index contributed by atoms with van der Waals surface area (Å²) in [6, 6.07) is 0. The smallest absolute Gasteiger partial charge is 0.475 e. The van der Waals surface area contributed by atoms with Gasteiger partial charge >= 0.3 is 36.4 Å². The minimum absolute atomic E-state index is 0. The molecule has 5 N–H and O–H groups in total. The van der Waals surface area contributed by atoms with E-state index >= 15 is 0 Å². The molecule has 0 aromatic heterocycles. The van der Waals surface area contributed by atoms with Crippen LogP contribution < -0.4 is 0 Å². The number of carboxylic acids is 3. The number of rotatable bonds is 0. The Labute approximate surface area is 157 Å². The Hall–Kier alpha value is -0.741. The molecule has 0 bridgehead atoms. The Morgan fingerprint density at radius 2 is 0.565 bits per heavy atom. The van der Waals surface area contributed by atoms with Gasteiger partial charge in [0.25, 0.3) is 0 Å². The Balaban J connectivity index is -0.0000000675. The van der Waals surface area contributed by atoms with E-state index in [1.165, 1.54) is 0 Å². The van der Waals surface area contributed by atoms with Crippen molar-refractivity contribution in [3.05, 3.63) is 0 Å².